The number of likely N-dealkylation sites (tertiary alicyclic amines) is 2. The molecule has 2 aromatic rings. The summed E-state index contributed by atoms with van der Waals surface area (Å²) in [5.41, 5.74) is 3.16. The van der Waals surface area contributed by atoms with E-state index in [-0.39, 0.29) is 55.7 Å². The Kier molecular flexibility index (Phi) is 15.7. The molecule has 5 rings (SSSR count). The molecular formula is C43H59N7O9S. The van der Waals surface area contributed by atoms with Gasteiger partial charge in [-0.3, -0.25) is 28.8 Å². The van der Waals surface area contributed by atoms with Crippen molar-refractivity contribution in [3.8, 4) is 0 Å². The summed E-state index contributed by atoms with van der Waals surface area (Å²) in [6.07, 6.45) is -1.81. The van der Waals surface area contributed by atoms with Crippen molar-refractivity contribution < 1.29 is 43.8 Å². The minimum Gasteiger partial charge on any atom is -0.391 e. The number of hydrogen-bond donors (Lipinski definition) is 6. The number of nitrogens with one attached hydrogen (secondary N) is 4. The molecule has 0 bridgehead atoms. The van der Waals surface area contributed by atoms with Crippen LogP contribution >= 0.6 is 11.8 Å². The first-order valence-corrected chi connectivity index (χ1v) is 21.8. The van der Waals surface area contributed by atoms with Crippen molar-refractivity contribution in [2.75, 3.05) is 36.5 Å². The minimum atomic E-state index is -1.57. The first kappa shape index (κ1) is 46.1. The number of carbonyl (C=O) groups excluding carboxylic acids is 7. The van der Waals surface area contributed by atoms with Crippen LogP contribution in [0.2, 0.25) is 0 Å². The Morgan fingerprint density at radius 3 is 2.20 bits per heavy atom. The number of thioether (sulfide) groups is 1. The minimum absolute atomic E-state index is 0.0399. The van der Waals surface area contributed by atoms with Crippen molar-refractivity contribution in [2.45, 2.75) is 116 Å². The molecule has 6 N–H and O–H groups in total. The lowest BCUT2D eigenvalue weighted by Gasteiger charge is -2.39. The van der Waals surface area contributed by atoms with E-state index in [4.69, 9.17) is 0 Å². The number of hydrogen-bond acceptors (Lipinski definition) is 10. The summed E-state index contributed by atoms with van der Waals surface area (Å²) in [6, 6.07) is 7.28. The van der Waals surface area contributed by atoms with Gasteiger partial charge in [-0.25, -0.2) is 4.79 Å². The second-order valence-corrected chi connectivity index (χ2v) is 17.5. The van der Waals surface area contributed by atoms with Crippen molar-refractivity contribution in [3.63, 3.8) is 0 Å². The number of nitrogens with zero attached hydrogens (tertiary/aromatic N) is 3. The van der Waals surface area contributed by atoms with Crippen LogP contribution in [0.25, 0.3) is 0 Å². The summed E-state index contributed by atoms with van der Waals surface area (Å²) >= 11 is 1.46. The molecule has 16 nitrogen and oxygen atoms in total. The van der Waals surface area contributed by atoms with E-state index in [2.05, 4.69) is 21.3 Å². The molecule has 0 spiro atoms. The lowest BCUT2D eigenvalue weighted by Crippen LogP contribution is -2.62. The SMILES string of the molecule is CCC(=O)[C@@H]1C[C@@H](C)CN1C(=O)[C@H](C)NC(=O)[C@@H]1CSCCN1C(=O)[C@@H]1C[C@@H](O)CN1C(=O)[C@@H](NC(=O)[C@H](Cc1cccc(C)c1)NC(=O)Nc1ccc(C)cc1)[C@H](C)O. The molecule has 3 aliphatic heterocycles. The predicted molar refractivity (Wildman–Crippen MR) is 227 cm³/mol. The van der Waals surface area contributed by atoms with E-state index in [1.807, 2.05) is 51.1 Å². The summed E-state index contributed by atoms with van der Waals surface area (Å²) in [7, 11) is 0. The highest BCUT2D eigenvalue weighted by atomic mass is 32.2. The number of aliphatic hydroxyl groups excluding tert-OH is 2. The zero-order chi connectivity index (χ0) is 43.8. The molecule has 7 amide bonds. The summed E-state index contributed by atoms with van der Waals surface area (Å²) in [6.45, 7) is 10.7. The highest BCUT2D eigenvalue weighted by Gasteiger charge is 2.47. The molecule has 3 heterocycles. The van der Waals surface area contributed by atoms with Gasteiger partial charge in [0.2, 0.25) is 29.5 Å². The molecule has 17 heteroatoms. The normalized spacial score (nSPS) is 23.5. The molecule has 3 aliphatic rings. The Labute approximate surface area is 355 Å². The van der Waals surface area contributed by atoms with Crippen molar-refractivity contribution in [1.82, 2.24) is 30.7 Å². The molecule has 3 fully saturated rings. The third-order valence-corrected chi connectivity index (χ3v) is 12.3. The van der Waals surface area contributed by atoms with Gasteiger partial charge >= 0.3 is 6.03 Å². The number of β-amino-alcohol motifs (C(OH)–C–C–N with tert-alkyl or cyclic N) is 1. The average molecular weight is 850 g/mol. The quantitative estimate of drug-likeness (QED) is 0.161. The second kappa shape index (κ2) is 20.5. The van der Waals surface area contributed by atoms with Crippen molar-refractivity contribution in [1.29, 1.82) is 0 Å². The summed E-state index contributed by atoms with van der Waals surface area (Å²) in [4.78, 5) is 99.8. The highest BCUT2D eigenvalue weighted by Crippen LogP contribution is 2.27. The lowest BCUT2D eigenvalue weighted by molar-refractivity contribution is -0.150. The molecule has 9 atom stereocenters. The summed E-state index contributed by atoms with van der Waals surface area (Å²) in [5.74, 6) is -2.32. The summed E-state index contributed by atoms with van der Waals surface area (Å²) < 4.78 is 0. The highest BCUT2D eigenvalue weighted by molar-refractivity contribution is 7.99. The second-order valence-electron chi connectivity index (χ2n) is 16.4. The number of anilines is 1. The van der Waals surface area contributed by atoms with E-state index >= 15 is 0 Å². The fraction of sp³-hybridized carbons (Fsp3) is 0.558. The third kappa shape index (κ3) is 11.4. The number of ketones is 1. The fourth-order valence-corrected chi connectivity index (χ4v) is 9.13. The molecule has 0 aromatic heterocycles. The van der Waals surface area contributed by atoms with Crippen LogP contribution in [-0.4, -0.2) is 146 Å². The number of benzene rings is 2. The Hall–Kier alpha value is -5.00. The first-order chi connectivity index (χ1) is 28.5. The van der Waals surface area contributed by atoms with Crippen LogP contribution in [0.1, 0.15) is 63.6 Å². The molecule has 3 saturated heterocycles. The number of Topliss-reactive ketones (excluding diaryl/α,β-unsaturated/α-hetero) is 1. The third-order valence-electron chi connectivity index (χ3n) is 11.3. The number of urea groups is 1. The van der Waals surface area contributed by atoms with Crippen LogP contribution < -0.4 is 21.3 Å². The average Bonchev–Trinajstić information content (AvgIpc) is 3.81. The molecule has 2 aromatic carbocycles. The standard InChI is InChI=1S/C43H59N7O9S/c1-7-36(53)33-18-26(4)21-49(33)40(56)27(5)44-39(55)35-23-60-16-15-48(35)41(57)34-20-31(52)22-50(34)42(58)37(28(6)51)47-38(54)32(19-29-10-8-9-25(3)17-29)46-43(59)45-30-13-11-24(2)12-14-30/h8-14,17,26-28,31-35,37,51-52H,7,15-16,18-23H2,1-6H3,(H,44,55)(H,47,54)(H2,45,46,59)/t26-,27+,28+,31-,32+,33+,34+,35+,37+/m1/s1. The maximum Gasteiger partial charge on any atom is 0.319 e. The molecule has 0 radical (unpaired) electrons. The van der Waals surface area contributed by atoms with E-state index in [1.54, 1.807) is 32.0 Å². The van der Waals surface area contributed by atoms with Crippen LogP contribution in [-0.2, 0) is 35.2 Å². The topological polar surface area (TPSA) is 218 Å². The van der Waals surface area contributed by atoms with E-state index < -0.39 is 78.1 Å². The largest absolute Gasteiger partial charge is 0.391 e. The zero-order valence-corrected chi connectivity index (χ0v) is 36.0. The van der Waals surface area contributed by atoms with E-state index in [0.717, 1.165) is 21.6 Å². The molecule has 0 aliphatic carbocycles. The zero-order valence-electron chi connectivity index (χ0n) is 35.2. The van der Waals surface area contributed by atoms with Crippen LogP contribution in [0.15, 0.2) is 48.5 Å². The first-order valence-electron chi connectivity index (χ1n) is 20.7. The van der Waals surface area contributed by atoms with E-state index in [9.17, 15) is 43.8 Å². The Morgan fingerprint density at radius 2 is 1.53 bits per heavy atom. The van der Waals surface area contributed by atoms with Gasteiger partial charge in [0, 0.05) is 56.1 Å². The molecule has 0 unspecified atom stereocenters. The van der Waals surface area contributed by atoms with Crippen LogP contribution in [0.3, 0.4) is 0 Å². The maximum atomic E-state index is 14.3. The van der Waals surface area contributed by atoms with Gasteiger partial charge in [0.1, 0.15) is 30.2 Å². The number of aryl methyl sites for hydroxylation is 2. The molecular weight excluding hydrogens is 791 g/mol. The van der Waals surface area contributed by atoms with Gasteiger partial charge < -0.3 is 46.2 Å². The van der Waals surface area contributed by atoms with E-state index in [0.29, 0.717) is 24.4 Å². The fourth-order valence-electron chi connectivity index (χ4n) is 8.09. The Morgan fingerprint density at radius 1 is 0.833 bits per heavy atom. The van der Waals surface area contributed by atoms with Crippen molar-refractivity contribution in [2.24, 2.45) is 5.92 Å². The van der Waals surface area contributed by atoms with Gasteiger partial charge in [-0.15, -0.1) is 0 Å². The summed E-state index contributed by atoms with van der Waals surface area (Å²) in [5, 5.41) is 32.5. The maximum absolute atomic E-state index is 14.3. The Balaban J connectivity index is 1.30. The van der Waals surface area contributed by atoms with Crippen LogP contribution in [0.5, 0.6) is 0 Å². The van der Waals surface area contributed by atoms with Crippen molar-refractivity contribution >= 4 is 58.8 Å². The number of amides is 7. The lowest BCUT2D eigenvalue weighted by atomic mass is 10.0. The van der Waals surface area contributed by atoms with Gasteiger partial charge in [-0.1, -0.05) is 61.4 Å². The molecule has 0 saturated carbocycles. The predicted octanol–water partition coefficient (Wildman–Crippen LogP) is 1.53. The van der Waals surface area contributed by atoms with E-state index in [1.165, 1.54) is 28.5 Å². The number of aliphatic hydroxyl groups is 2. The van der Waals surface area contributed by atoms with Gasteiger partial charge in [0.25, 0.3) is 0 Å². The molecule has 326 valence electrons. The number of carbonyl (C=O) groups is 7. The Bertz CT molecular complexity index is 1910. The van der Waals surface area contributed by atoms with Gasteiger partial charge in [-0.2, -0.15) is 11.8 Å². The molecule has 60 heavy (non-hydrogen) atoms. The van der Waals surface area contributed by atoms with Crippen LogP contribution in [0, 0.1) is 19.8 Å². The van der Waals surface area contributed by atoms with Gasteiger partial charge in [0.15, 0.2) is 5.78 Å². The van der Waals surface area contributed by atoms with Crippen LogP contribution in [0.4, 0.5) is 10.5 Å². The van der Waals surface area contributed by atoms with Gasteiger partial charge in [-0.05, 0) is 57.7 Å². The number of rotatable bonds is 14. The van der Waals surface area contributed by atoms with Gasteiger partial charge in [0.05, 0.1) is 18.2 Å². The monoisotopic (exact) mass is 849 g/mol. The smallest absolute Gasteiger partial charge is 0.319 e. The van der Waals surface area contributed by atoms with Crippen molar-refractivity contribution in [3.05, 3.63) is 65.2 Å².